The molecule has 30 heavy (non-hydrogen) atoms. The monoisotopic (exact) mass is 393 g/mol. The highest BCUT2D eigenvalue weighted by Crippen LogP contribution is 2.14. The number of hydrogen-bond donors (Lipinski definition) is 2. The fraction of sp³-hybridized carbons (Fsp3) is 0.0455. The van der Waals surface area contributed by atoms with Gasteiger partial charge >= 0.3 is 0 Å². The van der Waals surface area contributed by atoms with Crippen LogP contribution in [-0.4, -0.2) is 30.1 Å². The first kappa shape index (κ1) is 17.6. The Balaban J connectivity index is 1.36. The van der Waals surface area contributed by atoms with Crippen molar-refractivity contribution in [2.24, 2.45) is 0 Å². The van der Waals surface area contributed by atoms with E-state index in [1.807, 2.05) is 30.3 Å². The third-order valence-corrected chi connectivity index (χ3v) is 4.32. The van der Waals surface area contributed by atoms with Gasteiger partial charge in [-0.15, -0.1) is 0 Å². The number of furan rings is 1. The van der Waals surface area contributed by atoms with E-state index in [1.54, 1.807) is 37.0 Å². The van der Waals surface area contributed by atoms with Crippen molar-refractivity contribution in [1.29, 1.82) is 0 Å². The second kappa shape index (κ2) is 7.85. The standard InChI is InChI=1S/C22H15N7O/c1-2-18(30-11-1)14-25-22-24-10-8-20(28-22)21-23-9-7-17(27-21)5-3-15-4-6-19-16(12-15)13-26-29-19/h1-2,4,6-13H,14H2,(H,26,29)(H,24,25,28). The summed E-state index contributed by atoms with van der Waals surface area (Å²) < 4.78 is 5.31. The van der Waals surface area contributed by atoms with Crippen LogP contribution in [0.25, 0.3) is 22.4 Å². The maximum Gasteiger partial charge on any atom is 0.223 e. The number of benzene rings is 1. The first-order chi connectivity index (χ1) is 14.8. The average Bonchev–Trinajstić information content (AvgIpc) is 3.48. The van der Waals surface area contributed by atoms with Gasteiger partial charge in [-0.25, -0.2) is 19.9 Å². The minimum atomic E-state index is 0.470. The molecule has 5 aromatic rings. The molecule has 0 unspecified atom stereocenters. The zero-order valence-electron chi connectivity index (χ0n) is 15.7. The van der Waals surface area contributed by atoms with Crippen LogP contribution in [0.5, 0.6) is 0 Å². The van der Waals surface area contributed by atoms with Crippen molar-refractivity contribution in [2.45, 2.75) is 6.54 Å². The van der Waals surface area contributed by atoms with Gasteiger partial charge in [-0.2, -0.15) is 5.10 Å². The molecule has 5 rings (SSSR count). The van der Waals surface area contributed by atoms with Crippen LogP contribution in [0.3, 0.4) is 0 Å². The number of nitrogens with zero attached hydrogens (tertiary/aromatic N) is 5. The van der Waals surface area contributed by atoms with Crippen molar-refractivity contribution >= 4 is 16.9 Å². The number of rotatable bonds is 4. The van der Waals surface area contributed by atoms with E-state index in [1.165, 1.54) is 0 Å². The third kappa shape index (κ3) is 3.86. The number of fused-ring (bicyclic) bond motifs is 1. The number of aromatic amines is 1. The molecule has 0 aliphatic rings. The smallest absolute Gasteiger partial charge is 0.223 e. The molecule has 0 saturated carbocycles. The summed E-state index contributed by atoms with van der Waals surface area (Å²) in [5.41, 5.74) is 3.08. The summed E-state index contributed by atoms with van der Waals surface area (Å²) in [4.78, 5) is 17.6. The van der Waals surface area contributed by atoms with Gasteiger partial charge in [0, 0.05) is 23.3 Å². The summed E-state index contributed by atoms with van der Waals surface area (Å²) in [6.45, 7) is 0.490. The van der Waals surface area contributed by atoms with Crippen molar-refractivity contribution in [2.75, 3.05) is 5.32 Å². The number of aromatic nitrogens is 6. The lowest BCUT2D eigenvalue weighted by molar-refractivity contribution is 0.517. The summed E-state index contributed by atoms with van der Waals surface area (Å²) in [6, 6.07) is 13.1. The Kier molecular flexibility index (Phi) is 4.60. The first-order valence-electron chi connectivity index (χ1n) is 9.21. The summed E-state index contributed by atoms with van der Waals surface area (Å²) in [6.07, 6.45) is 6.73. The van der Waals surface area contributed by atoms with Gasteiger partial charge in [0.15, 0.2) is 5.82 Å². The van der Waals surface area contributed by atoms with Crippen LogP contribution in [0, 0.1) is 11.8 Å². The van der Waals surface area contributed by atoms with Crippen LogP contribution in [-0.2, 0) is 6.54 Å². The third-order valence-electron chi connectivity index (χ3n) is 4.32. The van der Waals surface area contributed by atoms with E-state index in [-0.39, 0.29) is 0 Å². The van der Waals surface area contributed by atoms with Gasteiger partial charge in [-0.05, 0) is 48.4 Å². The average molecular weight is 393 g/mol. The van der Waals surface area contributed by atoms with Crippen LogP contribution in [0.15, 0.2) is 71.7 Å². The molecule has 0 radical (unpaired) electrons. The fourth-order valence-corrected chi connectivity index (χ4v) is 2.86. The van der Waals surface area contributed by atoms with Gasteiger partial charge in [0.05, 0.1) is 24.5 Å². The highest BCUT2D eigenvalue weighted by Gasteiger charge is 2.06. The van der Waals surface area contributed by atoms with Crippen molar-refractivity contribution in [1.82, 2.24) is 30.1 Å². The van der Waals surface area contributed by atoms with Crippen molar-refractivity contribution in [3.8, 4) is 23.4 Å². The number of hydrogen-bond acceptors (Lipinski definition) is 7. The number of anilines is 1. The Morgan fingerprint density at radius 2 is 1.97 bits per heavy atom. The Bertz CT molecular complexity index is 1360. The van der Waals surface area contributed by atoms with Crippen LogP contribution in [0.1, 0.15) is 17.0 Å². The molecule has 0 saturated heterocycles. The zero-order valence-corrected chi connectivity index (χ0v) is 15.7. The number of H-pyrrole nitrogens is 1. The lowest BCUT2D eigenvalue weighted by Crippen LogP contribution is -2.04. The molecular weight excluding hydrogens is 378 g/mol. The summed E-state index contributed by atoms with van der Waals surface area (Å²) >= 11 is 0. The fourth-order valence-electron chi connectivity index (χ4n) is 2.86. The van der Waals surface area contributed by atoms with Crippen LogP contribution in [0.2, 0.25) is 0 Å². The van der Waals surface area contributed by atoms with Gasteiger partial charge < -0.3 is 9.73 Å². The largest absolute Gasteiger partial charge is 0.467 e. The minimum Gasteiger partial charge on any atom is -0.467 e. The van der Waals surface area contributed by atoms with E-state index in [2.05, 4.69) is 47.3 Å². The molecule has 0 bridgehead atoms. The molecule has 0 spiro atoms. The SMILES string of the molecule is C(#Cc1ccnc(-c2ccnc(NCc3ccco3)n2)n1)c1ccc2[nH]ncc2c1. The van der Waals surface area contributed by atoms with Gasteiger partial charge in [-0.3, -0.25) is 5.10 Å². The maximum atomic E-state index is 5.31. The molecule has 0 amide bonds. The predicted octanol–water partition coefficient (Wildman–Crippen LogP) is 3.41. The highest BCUT2D eigenvalue weighted by atomic mass is 16.3. The number of nitrogens with one attached hydrogen (secondary N) is 2. The molecule has 1 aromatic carbocycles. The molecule has 8 nitrogen and oxygen atoms in total. The molecule has 144 valence electrons. The molecule has 0 aliphatic carbocycles. The Morgan fingerprint density at radius 1 is 1.00 bits per heavy atom. The molecule has 0 fully saturated rings. The summed E-state index contributed by atoms with van der Waals surface area (Å²) in [7, 11) is 0. The minimum absolute atomic E-state index is 0.470. The van der Waals surface area contributed by atoms with Crippen LogP contribution >= 0.6 is 0 Å². The molecule has 2 N–H and O–H groups in total. The van der Waals surface area contributed by atoms with E-state index in [0.29, 0.717) is 29.7 Å². The second-order valence-electron chi connectivity index (χ2n) is 6.39. The first-order valence-corrected chi connectivity index (χ1v) is 9.21. The lowest BCUT2D eigenvalue weighted by Gasteiger charge is -2.04. The molecule has 0 atom stereocenters. The molecule has 4 heterocycles. The van der Waals surface area contributed by atoms with E-state index in [0.717, 1.165) is 22.2 Å². The lowest BCUT2D eigenvalue weighted by atomic mass is 10.1. The quantitative estimate of drug-likeness (QED) is 0.451. The second-order valence-corrected chi connectivity index (χ2v) is 6.39. The molecular formula is C22H15N7O. The Labute approximate surface area is 171 Å². The van der Waals surface area contributed by atoms with Crippen molar-refractivity contribution in [3.63, 3.8) is 0 Å². The van der Waals surface area contributed by atoms with Crippen LogP contribution in [0.4, 0.5) is 5.95 Å². The van der Waals surface area contributed by atoms with Crippen molar-refractivity contribution in [3.05, 3.63) is 84.3 Å². The Hall–Kier alpha value is -4.51. The summed E-state index contributed by atoms with van der Waals surface area (Å²) in [5, 5.41) is 11.1. The van der Waals surface area contributed by atoms with E-state index >= 15 is 0 Å². The van der Waals surface area contributed by atoms with Crippen molar-refractivity contribution < 1.29 is 4.42 Å². The van der Waals surface area contributed by atoms with E-state index in [4.69, 9.17) is 4.42 Å². The van der Waals surface area contributed by atoms with E-state index < -0.39 is 0 Å². The zero-order chi connectivity index (χ0) is 20.2. The van der Waals surface area contributed by atoms with Gasteiger partial charge in [0.25, 0.3) is 0 Å². The van der Waals surface area contributed by atoms with Gasteiger partial charge in [-0.1, -0.05) is 5.92 Å². The Morgan fingerprint density at radius 3 is 2.90 bits per heavy atom. The normalized spacial score (nSPS) is 10.5. The predicted molar refractivity (Wildman–Crippen MR) is 111 cm³/mol. The van der Waals surface area contributed by atoms with Gasteiger partial charge in [0.1, 0.15) is 17.1 Å². The summed E-state index contributed by atoms with van der Waals surface area (Å²) in [5.74, 6) is 7.96. The highest BCUT2D eigenvalue weighted by molar-refractivity contribution is 5.79. The van der Waals surface area contributed by atoms with Gasteiger partial charge in [0.2, 0.25) is 5.95 Å². The van der Waals surface area contributed by atoms with E-state index in [9.17, 15) is 0 Å². The molecule has 0 aliphatic heterocycles. The van der Waals surface area contributed by atoms with Crippen LogP contribution < -0.4 is 5.32 Å². The maximum absolute atomic E-state index is 5.31. The molecule has 4 aromatic heterocycles. The topological polar surface area (TPSA) is 105 Å². The molecule has 8 heteroatoms.